The molecule has 0 unspecified atom stereocenters. The van der Waals surface area contributed by atoms with Crippen molar-refractivity contribution in [2.45, 2.75) is 6.42 Å². The van der Waals surface area contributed by atoms with Crippen LogP contribution in [0.25, 0.3) is 0 Å². The minimum atomic E-state index is -0.624. The highest BCUT2D eigenvalue weighted by Gasteiger charge is 2.18. The molecule has 0 aliphatic rings. The quantitative estimate of drug-likeness (QED) is 0.407. The summed E-state index contributed by atoms with van der Waals surface area (Å²) in [6.45, 7) is 0. The number of nitro groups is 1. The standard InChI is InChI=1S/C20H16N2O4/c23-19-9-5-4-8-17(19)21-13-16-11-15(10-14-6-2-1-3-7-14)12-18(20(16)24)22(25)26/h1-9,11-13,23-24H,10H2. The Bertz CT molecular complexity index is 969. The largest absolute Gasteiger partial charge is 0.506 e. The lowest BCUT2D eigenvalue weighted by molar-refractivity contribution is -0.385. The highest BCUT2D eigenvalue weighted by molar-refractivity contribution is 5.88. The van der Waals surface area contributed by atoms with Gasteiger partial charge in [0, 0.05) is 17.8 Å². The Balaban J connectivity index is 2.00. The summed E-state index contributed by atoms with van der Waals surface area (Å²) in [4.78, 5) is 14.8. The smallest absolute Gasteiger partial charge is 0.311 e. The van der Waals surface area contributed by atoms with E-state index < -0.39 is 10.7 Å². The van der Waals surface area contributed by atoms with Gasteiger partial charge in [-0.05, 0) is 35.7 Å². The number of hydrogen-bond acceptors (Lipinski definition) is 5. The SMILES string of the molecule is O=[N+]([O-])c1cc(Cc2ccccc2)cc(C=Nc2ccccc2O)c1O. The molecule has 0 saturated carbocycles. The topological polar surface area (TPSA) is 96.0 Å². The van der Waals surface area contributed by atoms with E-state index in [2.05, 4.69) is 4.99 Å². The average Bonchev–Trinajstić information content (AvgIpc) is 2.63. The first kappa shape index (κ1) is 17.2. The molecule has 6 heteroatoms. The molecule has 0 aliphatic heterocycles. The van der Waals surface area contributed by atoms with E-state index in [0.29, 0.717) is 17.7 Å². The van der Waals surface area contributed by atoms with Gasteiger partial charge in [0.15, 0.2) is 0 Å². The Morgan fingerprint density at radius 3 is 2.35 bits per heavy atom. The fraction of sp³-hybridized carbons (Fsp3) is 0.0500. The fourth-order valence-corrected chi connectivity index (χ4v) is 2.59. The maximum atomic E-state index is 11.3. The Morgan fingerprint density at radius 2 is 1.65 bits per heavy atom. The molecule has 0 spiro atoms. The molecule has 3 aromatic carbocycles. The van der Waals surface area contributed by atoms with Crippen LogP contribution < -0.4 is 0 Å². The summed E-state index contributed by atoms with van der Waals surface area (Å²) in [5.74, 6) is -0.468. The van der Waals surface area contributed by atoms with E-state index in [1.165, 1.54) is 18.3 Å². The second-order valence-corrected chi connectivity index (χ2v) is 5.72. The minimum absolute atomic E-state index is 0.0156. The van der Waals surface area contributed by atoms with Crippen LogP contribution in [-0.4, -0.2) is 21.4 Å². The number of aromatic hydroxyl groups is 2. The Labute approximate surface area is 149 Å². The van der Waals surface area contributed by atoms with Crippen LogP contribution in [0.15, 0.2) is 71.7 Å². The molecule has 0 aromatic heterocycles. The average molecular weight is 348 g/mol. The number of phenols is 2. The maximum Gasteiger partial charge on any atom is 0.311 e. The second-order valence-electron chi connectivity index (χ2n) is 5.72. The number of hydrogen-bond donors (Lipinski definition) is 2. The third-order valence-electron chi connectivity index (χ3n) is 3.85. The van der Waals surface area contributed by atoms with Crippen LogP contribution in [0, 0.1) is 10.1 Å². The Morgan fingerprint density at radius 1 is 0.962 bits per heavy atom. The Hall–Kier alpha value is -3.67. The second kappa shape index (κ2) is 7.48. The van der Waals surface area contributed by atoms with E-state index >= 15 is 0 Å². The van der Waals surface area contributed by atoms with E-state index in [1.54, 1.807) is 24.3 Å². The predicted octanol–water partition coefficient (Wildman–Crippen LogP) is 4.35. The number of nitrogens with zero attached hydrogens (tertiary/aromatic N) is 2. The van der Waals surface area contributed by atoms with E-state index in [4.69, 9.17) is 0 Å². The van der Waals surface area contributed by atoms with Crippen LogP contribution in [0.1, 0.15) is 16.7 Å². The molecule has 6 nitrogen and oxygen atoms in total. The van der Waals surface area contributed by atoms with Crippen LogP contribution in [0.3, 0.4) is 0 Å². The van der Waals surface area contributed by atoms with Gasteiger partial charge in [-0.15, -0.1) is 0 Å². The molecule has 3 rings (SSSR count). The fourth-order valence-electron chi connectivity index (χ4n) is 2.59. The van der Waals surface area contributed by atoms with Gasteiger partial charge in [-0.2, -0.15) is 0 Å². The van der Waals surface area contributed by atoms with Gasteiger partial charge in [0.05, 0.1) is 4.92 Å². The van der Waals surface area contributed by atoms with Gasteiger partial charge >= 0.3 is 5.69 Å². The molecule has 0 bridgehead atoms. The lowest BCUT2D eigenvalue weighted by Crippen LogP contribution is -1.97. The van der Waals surface area contributed by atoms with Gasteiger partial charge < -0.3 is 10.2 Å². The summed E-state index contributed by atoms with van der Waals surface area (Å²) in [6, 6.07) is 19.0. The van der Waals surface area contributed by atoms with E-state index in [1.807, 2.05) is 30.3 Å². The van der Waals surface area contributed by atoms with E-state index in [9.17, 15) is 20.3 Å². The number of phenolic OH excluding ortho intramolecular Hbond substituents is 2. The molecule has 0 aliphatic carbocycles. The van der Waals surface area contributed by atoms with Gasteiger partial charge in [0.1, 0.15) is 11.4 Å². The molecule has 0 atom stereocenters. The third kappa shape index (κ3) is 3.87. The van der Waals surface area contributed by atoms with Crippen molar-refractivity contribution in [3.63, 3.8) is 0 Å². The van der Waals surface area contributed by atoms with Gasteiger partial charge in [0.25, 0.3) is 0 Å². The Kier molecular flexibility index (Phi) is 4.94. The van der Waals surface area contributed by atoms with Crippen molar-refractivity contribution in [1.29, 1.82) is 0 Å². The molecule has 0 fully saturated rings. The number of rotatable bonds is 5. The van der Waals surface area contributed by atoms with Gasteiger partial charge in [-0.25, -0.2) is 0 Å². The monoisotopic (exact) mass is 348 g/mol. The summed E-state index contributed by atoms with van der Waals surface area (Å²) >= 11 is 0. The molecule has 0 saturated heterocycles. The summed E-state index contributed by atoms with van der Waals surface area (Å²) in [5.41, 5.74) is 1.82. The zero-order valence-corrected chi connectivity index (χ0v) is 13.7. The first-order chi connectivity index (χ1) is 12.5. The van der Waals surface area contributed by atoms with Crippen molar-refractivity contribution in [2.75, 3.05) is 0 Å². The van der Waals surface area contributed by atoms with Crippen molar-refractivity contribution in [2.24, 2.45) is 4.99 Å². The van der Waals surface area contributed by atoms with Crippen molar-refractivity contribution >= 4 is 17.6 Å². The lowest BCUT2D eigenvalue weighted by atomic mass is 10.0. The summed E-state index contributed by atoms with van der Waals surface area (Å²) in [6.07, 6.45) is 1.80. The van der Waals surface area contributed by atoms with Crippen molar-refractivity contribution in [3.8, 4) is 11.5 Å². The van der Waals surface area contributed by atoms with Crippen molar-refractivity contribution in [3.05, 3.63) is 93.5 Å². The van der Waals surface area contributed by atoms with Crippen LogP contribution in [0.4, 0.5) is 11.4 Å². The molecule has 0 amide bonds. The van der Waals surface area contributed by atoms with Gasteiger partial charge in [-0.1, -0.05) is 42.5 Å². The number of benzene rings is 3. The normalized spacial score (nSPS) is 10.9. The van der Waals surface area contributed by atoms with Gasteiger partial charge in [0.2, 0.25) is 5.75 Å². The molecule has 0 radical (unpaired) electrons. The van der Waals surface area contributed by atoms with Crippen LogP contribution in [-0.2, 0) is 6.42 Å². The first-order valence-electron chi connectivity index (χ1n) is 7.91. The van der Waals surface area contributed by atoms with Crippen molar-refractivity contribution < 1.29 is 15.1 Å². The van der Waals surface area contributed by atoms with Crippen LogP contribution in [0.2, 0.25) is 0 Å². The molecule has 0 heterocycles. The highest BCUT2D eigenvalue weighted by atomic mass is 16.6. The van der Waals surface area contributed by atoms with Gasteiger partial charge in [-0.3, -0.25) is 15.1 Å². The zero-order chi connectivity index (χ0) is 18.5. The number of nitro benzene ring substituents is 1. The predicted molar refractivity (Wildman–Crippen MR) is 99.4 cm³/mol. The minimum Gasteiger partial charge on any atom is -0.506 e. The first-order valence-corrected chi connectivity index (χ1v) is 7.91. The van der Waals surface area contributed by atoms with E-state index in [0.717, 1.165) is 5.56 Å². The molecule has 3 aromatic rings. The summed E-state index contributed by atoms with van der Waals surface area (Å²) in [7, 11) is 0. The van der Waals surface area contributed by atoms with E-state index in [-0.39, 0.29) is 17.0 Å². The summed E-state index contributed by atoms with van der Waals surface area (Å²) < 4.78 is 0. The number of para-hydroxylation sites is 2. The van der Waals surface area contributed by atoms with Crippen LogP contribution >= 0.6 is 0 Å². The van der Waals surface area contributed by atoms with Crippen LogP contribution in [0.5, 0.6) is 11.5 Å². The maximum absolute atomic E-state index is 11.3. The highest BCUT2D eigenvalue weighted by Crippen LogP contribution is 2.32. The molecule has 130 valence electrons. The van der Waals surface area contributed by atoms with Crippen molar-refractivity contribution in [1.82, 2.24) is 0 Å². The molecular formula is C20H16N2O4. The molecule has 2 N–H and O–H groups in total. The molecule has 26 heavy (non-hydrogen) atoms. The zero-order valence-electron chi connectivity index (χ0n) is 13.7. The lowest BCUT2D eigenvalue weighted by Gasteiger charge is -2.06. The number of aliphatic imine (C=N–C) groups is 1. The summed E-state index contributed by atoms with van der Waals surface area (Å²) in [5, 5.41) is 31.2. The molecular weight excluding hydrogens is 332 g/mol. The third-order valence-corrected chi connectivity index (χ3v) is 3.85.